The van der Waals surface area contributed by atoms with Gasteiger partial charge in [-0.1, -0.05) is 0 Å². The summed E-state index contributed by atoms with van der Waals surface area (Å²) >= 11 is 1.40. The number of carbonyl (C=O) groups is 1. The third-order valence-electron chi connectivity index (χ3n) is 2.21. The molecule has 1 aliphatic rings. The van der Waals surface area contributed by atoms with Gasteiger partial charge in [0.1, 0.15) is 10.9 Å². The van der Waals surface area contributed by atoms with E-state index in [1.807, 2.05) is 12.1 Å². The van der Waals surface area contributed by atoms with E-state index in [0.717, 1.165) is 11.3 Å². The second-order valence-electron chi connectivity index (χ2n) is 3.10. The van der Waals surface area contributed by atoms with E-state index in [4.69, 9.17) is 10.4 Å². The SMILES string of the molecule is N#Cc1ccc([C@@H]2C[C@H]2C(=O)O)s1. The maximum Gasteiger partial charge on any atom is 0.307 e. The van der Waals surface area contributed by atoms with Gasteiger partial charge in [0.25, 0.3) is 0 Å². The number of hydrogen-bond donors (Lipinski definition) is 1. The third-order valence-corrected chi connectivity index (χ3v) is 3.33. The van der Waals surface area contributed by atoms with E-state index < -0.39 is 5.97 Å². The average Bonchev–Trinajstić information content (AvgIpc) is 2.78. The Balaban J connectivity index is 2.13. The number of nitriles is 1. The van der Waals surface area contributed by atoms with Gasteiger partial charge in [0, 0.05) is 10.8 Å². The predicted octanol–water partition coefficient (Wildman–Crippen LogP) is 1.81. The molecule has 0 saturated heterocycles. The van der Waals surface area contributed by atoms with E-state index in [0.29, 0.717) is 4.88 Å². The molecule has 3 nitrogen and oxygen atoms in total. The fraction of sp³-hybridized carbons (Fsp3) is 0.333. The van der Waals surface area contributed by atoms with Gasteiger partial charge in [-0.15, -0.1) is 11.3 Å². The van der Waals surface area contributed by atoms with Crippen LogP contribution in [0.2, 0.25) is 0 Å². The van der Waals surface area contributed by atoms with E-state index >= 15 is 0 Å². The molecule has 0 unspecified atom stereocenters. The Morgan fingerprint density at radius 3 is 2.92 bits per heavy atom. The van der Waals surface area contributed by atoms with Crippen molar-refractivity contribution in [2.75, 3.05) is 0 Å². The van der Waals surface area contributed by atoms with Gasteiger partial charge in [0.15, 0.2) is 0 Å². The molecule has 2 rings (SSSR count). The summed E-state index contributed by atoms with van der Waals surface area (Å²) < 4.78 is 0. The van der Waals surface area contributed by atoms with Gasteiger partial charge in [0.2, 0.25) is 0 Å². The minimum atomic E-state index is -0.725. The van der Waals surface area contributed by atoms with Crippen LogP contribution in [0.4, 0.5) is 0 Å². The highest BCUT2D eigenvalue weighted by Crippen LogP contribution is 2.49. The fourth-order valence-corrected chi connectivity index (χ4v) is 2.38. The quantitative estimate of drug-likeness (QED) is 0.779. The van der Waals surface area contributed by atoms with Crippen LogP contribution in [0.15, 0.2) is 12.1 Å². The topological polar surface area (TPSA) is 61.1 Å². The molecule has 4 heteroatoms. The summed E-state index contributed by atoms with van der Waals surface area (Å²) in [6.45, 7) is 0. The minimum absolute atomic E-state index is 0.157. The molecule has 13 heavy (non-hydrogen) atoms. The molecule has 0 aliphatic heterocycles. The first-order valence-electron chi connectivity index (χ1n) is 3.95. The van der Waals surface area contributed by atoms with Gasteiger partial charge >= 0.3 is 5.97 Å². The highest BCUT2D eigenvalue weighted by atomic mass is 32.1. The largest absolute Gasteiger partial charge is 0.481 e. The summed E-state index contributed by atoms with van der Waals surface area (Å²) in [7, 11) is 0. The van der Waals surface area contributed by atoms with Crippen LogP contribution in [0.3, 0.4) is 0 Å². The van der Waals surface area contributed by atoms with Crippen molar-refractivity contribution in [2.45, 2.75) is 12.3 Å². The summed E-state index contributed by atoms with van der Waals surface area (Å²) in [6.07, 6.45) is 0.723. The molecule has 0 amide bonds. The van der Waals surface area contributed by atoms with Crippen LogP contribution in [0.1, 0.15) is 22.1 Å². The highest BCUT2D eigenvalue weighted by Gasteiger charge is 2.44. The van der Waals surface area contributed by atoms with Crippen molar-refractivity contribution in [1.82, 2.24) is 0 Å². The number of carboxylic acids is 1. The van der Waals surface area contributed by atoms with Crippen LogP contribution in [0.25, 0.3) is 0 Å². The molecular formula is C9H7NO2S. The molecule has 66 valence electrons. The molecule has 0 radical (unpaired) electrons. The van der Waals surface area contributed by atoms with Crippen molar-refractivity contribution in [3.8, 4) is 6.07 Å². The van der Waals surface area contributed by atoms with Crippen molar-refractivity contribution >= 4 is 17.3 Å². The summed E-state index contributed by atoms with van der Waals surface area (Å²) in [4.78, 5) is 12.3. The van der Waals surface area contributed by atoms with Crippen LogP contribution in [0, 0.1) is 17.2 Å². The molecular weight excluding hydrogens is 186 g/mol. The molecule has 0 bridgehead atoms. The zero-order chi connectivity index (χ0) is 9.42. The standard InChI is InChI=1S/C9H7NO2S/c10-4-5-1-2-8(13-5)6-3-7(6)9(11)12/h1-2,6-7H,3H2,(H,11,12)/t6-,7-/m1/s1. The smallest absolute Gasteiger partial charge is 0.307 e. The van der Waals surface area contributed by atoms with E-state index in [-0.39, 0.29) is 11.8 Å². The Morgan fingerprint density at radius 2 is 2.46 bits per heavy atom. The highest BCUT2D eigenvalue weighted by molar-refractivity contribution is 7.12. The first-order chi connectivity index (χ1) is 6.22. The first-order valence-corrected chi connectivity index (χ1v) is 4.76. The van der Waals surface area contributed by atoms with E-state index in [1.165, 1.54) is 11.3 Å². The monoisotopic (exact) mass is 193 g/mol. The van der Waals surface area contributed by atoms with Crippen LogP contribution in [-0.4, -0.2) is 11.1 Å². The molecule has 0 spiro atoms. The van der Waals surface area contributed by atoms with Crippen molar-refractivity contribution in [3.05, 3.63) is 21.9 Å². The van der Waals surface area contributed by atoms with Gasteiger partial charge in [-0.05, 0) is 18.6 Å². The summed E-state index contributed by atoms with van der Waals surface area (Å²) in [5, 5.41) is 17.3. The lowest BCUT2D eigenvalue weighted by Gasteiger charge is -1.89. The summed E-state index contributed by atoms with van der Waals surface area (Å²) in [5.41, 5.74) is 0. The molecule has 1 aromatic heterocycles. The summed E-state index contributed by atoms with van der Waals surface area (Å²) in [6, 6.07) is 5.65. The molecule has 0 aromatic carbocycles. The van der Waals surface area contributed by atoms with Crippen LogP contribution >= 0.6 is 11.3 Å². The second-order valence-corrected chi connectivity index (χ2v) is 4.22. The lowest BCUT2D eigenvalue weighted by molar-refractivity contribution is -0.138. The van der Waals surface area contributed by atoms with Crippen LogP contribution in [-0.2, 0) is 4.79 Å². The van der Waals surface area contributed by atoms with Crippen molar-refractivity contribution in [3.63, 3.8) is 0 Å². The Hall–Kier alpha value is -1.34. The fourth-order valence-electron chi connectivity index (χ4n) is 1.39. The number of hydrogen-bond acceptors (Lipinski definition) is 3. The third kappa shape index (κ3) is 1.43. The van der Waals surface area contributed by atoms with Gasteiger partial charge in [-0.25, -0.2) is 0 Å². The first kappa shape index (κ1) is 8.27. The van der Waals surface area contributed by atoms with Crippen LogP contribution < -0.4 is 0 Å². The molecule has 1 fully saturated rings. The number of carboxylic acid groups (broad SMARTS) is 1. The molecule has 1 aromatic rings. The maximum atomic E-state index is 10.6. The average molecular weight is 193 g/mol. The lowest BCUT2D eigenvalue weighted by atomic mass is 10.3. The Kier molecular flexibility index (Phi) is 1.82. The number of rotatable bonds is 2. The second kappa shape index (κ2) is 2.86. The minimum Gasteiger partial charge on any atom is -0.481 e. The van der Waals surface area contributed by atoms with Crippen molar-refractivity contribution < 1.29 is 9.90 Å². The van der Waals surface area contributed by atoms with Gasteiger partial charge in [-0.3, -0.25) is 4.79 Å². The van der Waals surface area contributed by atoms with Gasteiger partial charge in [0.05, 0.1) is 5.92 Å². The molecule has 2 atom stereocenters. The summed E-state index contributed by atoms with van der Waals surface area (Å²) in [5.74, 6) is -0.785. The molecule has 1 heterocycles. The van der Waals surface area contributed by atoms with E-state index in [9.17, 15) is 4.79 Å². The zero-order valence-electron chi connectivity index (χ0n) is 6.73. The Bertz CT molecular complexity index is 391. The molecule has 1 aliphatic carbocycles. The van der Waals surface area contributed by atoms with Gasteiger partial charge < -0.3 is 5.11 Å². The lowest BCUT2D eigenvalue weighted by Crippen LogP contribution is -1.97. The van der Waals surface area contributed by atoms with Crippen molar-refractivity contribution in [1.29, 1.82) is 5.26 Å². The zero-order valence-corrected chi connectivity index (χ0v) is 7.54. The van der Waals surface area contributed by atoms with Crippen LogP contribution in [0.5, 0.6) is 0 Å². The molecule has 1 N–H and O–H groups in total. The Morgan fingerprint density at radius 1 is 1.69 bits per heavy atom. The Labute approximate surface area is 79.2 Å². The number of thiophene rings is 1. The predicted molar refractivity (Wildman–Crippen MR) is 47.5 cm³/mol. The van der Waals surface area contributed by atoms with Gasteiger partial charge in [-0.2, -0.15) is 5.26 Å². The van der Waals surface area contributed by atoms with E-state index in [2.05, 4.69) is 0 Å². The number of aliphatic carboxylic acids is 1. The number of nitrogens with zero attached hydrogens (tertiary/aromatic N) is 1. The normalized spacial score (nSPS) is 25.2. The van der Waals surface area contributed by atoms with Crippen molar-refractivity contribution in [2.24, 2.45) is 5.92 Å². The maximum absolute atomic E-state index is 10.6. The molecule has 1 saturated carbocycles. The van der Waals surface area contributed by atoms with E-state index in [1.54, 1.807) is 6.07 Å².